The summed E-state index contributed by atoms with van der Waals surface area (Å²) in [5, 5.41) is 62.2. The molecule has 1 aliphatic carbocycles. The molecule has 4 heterocycles. The number of para-hydroxylation sites is 8. The Hall–Kier alpha value is -16.5. The largest absolute Gasteiger partial charge is 0.488 e. The van der Waals surface area contributed by atoms with E-state index in [1.807, 2.05) is 30.3 Å². The highest BCUT2D eigenvalue weighted by molar-refractivity contribution is 9.10. The first-order valence-corrected chi connectivity index (χ1v) is 42.6. The van der Waals surface area contributed by atoms with Crippen molar-refractivity contribution in [2.75, 3.05) is 0 Å². The summed E-state index contributed by atoms with van der Waals surface area (Å²) in [7, 11) is -1.38. The minimum atomic E-state index is -1.70. The van der Waals surface area contributed by atoms with Crippen LogP contribution in [-0.4, -0.2) is 35.4 Å². The Balaban J connectivity index is 0.000000140. The van der Waals surface area contributed by atoms with Gasteiger partial charge in [0.25, 0.3) is 0 Å². The van der Waals surface area contributed by atoms with Gasteiger partial charge >= 0.3 is 7.12 Å². The van der Waals surface area contributed by atoms with Crippen molar-refractivity contribution < 1.29 is 45.2 Å². The van der Waals surface area contributed by atoms with Crippen molar-refractivity contribution in [3.63, 3.8) is 0 Å². The zero-order chi connectivity index (χ0) is 90.0. The number of hydrogen-bond donors (Lipinski definition) is 2. The van der Waals surface area contributed by atoms with Crippen LogP contribution in [0.5, 0.6) is 0 Å². The molecule has 24 rings (SSSR count). The maximum atomic E-state index is 14.0. The summed E-state index contributed by atoms with van der Waals surface area (Å²) < 4.78 is 115. The molecule has 0 saturated carbocycles. The fourth-order valence-electron chi connectivity index (χ4n) is 18.4. The molecule has 2 N–H and O–H groups in total. The minimum Gasteiger partial charge on any atom is -0.423 e. The monoisotopic (exact) mass is 1780 g/mol. The highest BCUT2D eigenvalue weighted by atomic mass is 79.9. The number of halogens is 9. The van der Waals surface area contributed by atoms with Crippen LogP contribution in [0.1, 0.15) is 27.8 Å². The molecular formula is C112H65BBrF8N7O2. The quantitative estimate of drug-likeness (QED) is 0.0710. The van der Waals surface area contributed by atoms with Gasteiger partial charge in [0.1, 0.15) is 34.9 Å². The molecule has 0 spiro atoms. The van der Waals surface area contributed by atoms with Gasteiger partial charge in [0.2, 0.25) is 0 Å². The highest BCUT2D eigenvalue weighted by Crippen LogP contribution is 2.53. The third-order valence-corrected chi connectivity index (χ3v) is 25.0. The van der Waals surface area contributed by atoms with Gasteiger partial charge in [0.15, 0.2) is 46.5 Å². The second-order valence-electron chi connectivity index (χ2n) is 31.5. The molecule has 0 saturated heterocycles. The first kappa shape index (κ1) is 82.8. The smallest absolute Gasteiger partial charge is 0.423 e. The SMILES string of the molecule is N#Cc1c(-n2c3ccccc3c3ccccc32)c(-n2c3ccccc3c3ccccc32)c(-c2ccc3ccccc3c2)c(-n2c3ccccc3c3ccccc32)c1-n1c2ccccc2c2ccccc21.N#Cc1c(F)c(F)c(-c2ccc3ccccc3c2)c(F)c1F.N#Cc1c(F)c(F)c(Br)c(F)c1F.OB(O)c1ccc2ccccc2c1.c1ccc2c(c1)Cc1ccccc1-2. The van der Waals surface area contributed by atoms with Crippen molar-refractivity contribution in [3.05, 3.63) is 449 Å². The fraction of sp³-hybridized carbons (Fsp3) is 0.00893. The predicted molar refractivity (Wildman–Crippen MR) is 513 cm³/mol. The molecule has 4 aromatic heterocycles. The van der Waals surface area contributed by atoms with E-state index in [9.17, 15) is 40.4 Å². The predicted octanol–water partition coefficient (Wildman–Crippen LogP) is 28.4. The Bertz CT molecular complexity index is 8210. The van der Waals surface area contributed by atoms with Crippen molar-refractivity contribution >= 4 is 148 Å². The number of nitrogens with zero attached hydrogens (tertiary/aromatic N) is 7. The molecule has 0 unspecified atom stereocenters. The van der Waals surface area contributed by atoms with E-state index < -0.39 is 74.8 Å². The van der Waals surface area contributed by atoms with Gasteiger partial charge in [-0.25, -0.2) is 35.1 Å². The lowest BCUT2D eigenvalue weighted by Gasteiger charge is -2.29. The molecule has 0 radical (unpaired) electrons. The molecule has 9 nitrogen and oxygen atoms in total. The van der Waals surface area contributed by atoms with E-state index in [-0.39, 0.29) is 5.56 Å². The van der Waals surface area contributed by atoms with Crippen molar-refractivity contribution in [3.8, 4) is 74.3 Å². The zero-order valence-corrected chi connectivity index (χ0v) is 70.5. The number of rotatable bonds is 7. The van der Waals surface area contributed by atoms with E-state index in [0.717, 1.165) is 167 Å². The van der Waals surface area contributed by atoms with E-state index in [2.05, 4.69) is 325 Å². The first-order chi connectivity index (χ1) is 64.0. The van der Waals surface area contributed by atoms with Crippen LogP contribution in [0, 0.1) is 80.5 Å². The number of hydrogen-bond acceptors (Lipinski definition) is 5. The summed E-state index contributed by atoms with van der Waals surface area (Å²) >= 11 is 2.30. The summed E-state index contributed by atoms with van der Waals surface area (Å²) in [5.74, 6) is -13.2. The van der Waals surface area contributed by atoms with Crippen LogP contribution >= 0.6 is 15.9 Å². The number of benzene rings is 19. The number of aromatic nitrogens is 4. The lowest BCUT2D eigenvalue weighted by Crippen LogP contribution is -2.29. The molecular weight excluding hydrogens is 1720 g/mol. The van der Waals surface area contributed by atoms with E-state index in [1.54, 1.807) is 42.5 Å². The highest BCUT2D eigenvalue weighted by Gasteiger charge is 2.36. The molecule has 0 aliphatic heterocycles. The van der Waals surface area contributed by atoms with Crippen LogP contribution in [0.2, 0.25) is 0 Å². The van der Waals surface area contributed by atoms with Crippen LogP contribution in [0.25, 0.3) is 176 Å². The van der Waals surface area contributed by atoms with Gasteiger partial charge in [0, 0.05) is 48.7 Å². The Morgan fingerprint density at radius 3 is 0.817 bits per heavy atom. The van der Waals surface area contributed by atoms with Gasteiger partial charge in [-0.2, -0.15) is 15.8 Å². The van der Waals surface area contributed by atoms with Crippen LogP contribution in [0.3, 0.4) is 0 Å². The third kappa shape index (κ3) is 14.2. The van der Waals surface area contributed by atoms with Crippen molar-refractivity contribution in [1.82, 2.24) is 18.3 Å². The van der Waals surface area contributed by atoms with Gasteiger partial charge in [-0.15, -0.1) is 0 Å². The second kappa shape index (κ2) is 34.4. The van der Waals surface area contributed by atoms with Gasteiger partial charge in [0.05, 0.1) is 76.9 Å². The topological polar surface area (TPSA) is 132 Å². The van der Waals surface area contributed by atoms with Crippen LogP contribution in [0.4, 0.5) is 35.1 Å². The van der Waals surface area contributed by atoms with Gasteiger partial charge in [-0.3, -0.25) is 0 Å². The Morgan fingerprint density at radius 2 is 0.504 bits per heavy atom. The molecule has 0 amide bonds. The van der Waals surface area contributed by atoms with Gasteiger partial charge in [-0.1, -0.05) is 309 Å². The van der Waals surface area contributed by atoms with Gasteiger partial charge in [-0.05, 0) is 154 Å². The van der Waals surface area contributed by atoms with Crippen LogP contribution in [-0.2, 0) is 6.42 Å². The molecule has 0 fully saturated rings. The number of nitriles is 3. The van der Waals surface area contributed by atoms with Crippen molar-refractivity contribution in [2.24, 2.45) is 0 Å². The minimum absolute atomic E-state index is 0.00371. The van der Waals surface area contributed by atoms with Gasteiger partial charge < -0.3 is 28.3 Å². The normalized spacial score (nSPS) is 11.4. The Labute approximate surface area is 752 Å². The lowest BCUT2D eigenvalue weighted by atomic mass is 9.79. The first-order valence-electron chi connectivity index (χ1n) is 41.8. The molecule has 1 aliphatic rings. The van der Waals surface area contributed by atoms with E-state index in [0.29, 0.717) is 16.4 Å². The molecule has 0 atom stereocenters. The maximum absolute atomic E-state index is 14.0. The van der Waals surface area contributed by atoms with Crippen LogP contribution in [0.15, 0.2) is 375 Å². The van der Waals surface area contributed by atoms with Crippen molar-refractivity contribution in [1.29, 1.82) is 15.8 Å². The zero-order valence-electron chi connectivity index (χ0n) is 68.9. The summed E-state index contributed by atoms with van der Waals surface area (Å²) in [4.78, 5) is 0. The standard InChI is InChI=1S/C65H39N5.C17H7F4N.C13H10.C10H9BO2.C7BrF4N/c66-40-52-62(67-53-29-11-3-21-44(53)45-22-4-12-30-54(45)67)64(69-57-33-15-7-25-48(57)49-26-8-16-34-58(49)69)61(43-38-37-41-19-1-2-20-42(41)39-43)65(70-59-35-17-9-27-50(59)51-28-10-18-36-60(51)70)63(52)68-55-31-13-5-23-46(55)47-24-6-14-32-56(47)68;18-14-12(8-22)15(19)17(21)13(16(14)20)11-6-5-9-3-1-2-4-10(9)7-11;1-3-7-12-10(5-1)9-11-6-2-4-8-13(11)12;12-11(13)10-6-5-8-3-1-2-4-9(8)7-10;8-3-6(11)4(9)2(1-13)5(10)7(3)12/h1-39H;1-7H;1-8H,9H2;1-7,12-13H;. The number of fused-ring (bicyclic) bond motifs is 18. The summed E-state index contributed by atoms with van der Waals surface area (Å²) in [5.41, 5.74) is 17.2. The lowest BCUT2D eigenvalue weighted by molar-refractivity contribution is 0.426. The average Bonchev–Trinajstić information content (AvgIpc) is 1.55. The third-order valence-electron chi connectivity index (χ3n) is 24.3. The molecule has 131 heavy (non-hydrogen) atoms. The molecule has 19 aromatic carbocycles. The molecule has 23 aromatic rings. The Kier molecular flexibility index (Phi) is 21.7. The second-order valence-corrected chi connectivity index (χ2v) is 32.3. The van der Waals surface area contributed by atoms with E-state index in [1.165, 1.54) is 34.4 Å². The van der Waals surface area contributed by atoms with E-state index >= 15 is 0 Å². The summed E-state index contributed by atoms with van der Waals surface area (Å²) in [6.45, 7) is 0. The average molecular weight is 1780 g/mol. The van der Waals surface area contributed by atoms with Crippen LogP contribution < -0.4 is 5.46 Å². The Morgan fingerprint density at radius 1 is 0.252 bits per heavy atom. The summed E-state index contributed by atoms with van der Waals surface area (Å²) in [6.07, 6.45) is 1.10. The fourth-order valence-corrected chi connectivity index (χ4v) is 18.8. The molecule has 19 heteroatoms. The molecule has 0 bridgehead atoms. The maximum Gasteiger partial charge on any atom is 0.488 e. The summed E-state index contributed by atoms with van der Waals surface area (Å²) in [6, 6.07) is 132. The van der Waals surface area contributed by atoms with Crippen molar-refractivity contribution in [2.45, 2.75) is 6.42 Å². The van der Waals surface area contributed by atoms with E-state index in [4.69, 9.17) is 20.6 Å². The molecule has 626 valence electrons.